The summed E-state index contributed by atoms with van der Waals surface area (Å²) in [7, 11) is 0. The number of benzene rings is 2. The molecule has 0 amide bonds. The Balaban J connectivity index is 2.16. The second-order valence-corrected chi connectivity index (χ2v) is 4.56. The molecule has 0 radical (unpaired) electrons. The van der Waals surface area contributed by atoms with Gasteiger partial charge in [-0.3, -0.25) is 0 Å². The van der Waals surface area contributed by atoms with Crippen LogP contribution in [0.15, 0.2) is 36.4 Å². The van der Waals surface area contributed by atoms with Crippen LogP contribution >= 0.6 is 0 Å². The van der Waals surface area contributed by atoms with Gasteiger partial charge in [0.05, 0.1) is 0 Å². The fourth-order valence-electron chi connectivity index (χ4n) is 1.86. The number of phenols is 1. The quantitative estimate of drug-likeness (QED) is 0.572. The van der Waals surface area contributed by atoms with Gasteiger partial charge in [-0.2, -0.15) is 0 Å². The molecular formula is C15H18N2O. The van der Waals surface area contributed by atoms with Gasteiger partial charge in [-0.25, -0.2) is 0 Å². The maximum atomic E-state index is 9.74. The molecule has 2 aromatic rings. The highest BCUT2D eigenvalue weighted by Crippen LogP contribution is 2.22. The molecule has 0 saturated carbocycles. The summed E-state index contributed by atoms with van der Waals surface area (Å²) < 4.78 is 0. The molecule has 0 aliphatic rings. The van der Waals surface area contributed by atoms with E-state index in [2.05, 4.69) is 37.4 Å². The van der Waals surface area contributed by atoms with Crippen molar-refractivity contribution in [2.24, 2.45) is 0 Å². The molecule has 3 nitrogen and oxygen atoms in total. The Morgan fingerprint density at radius 2 is 1.89 bits per heavy atom. The van der Waals surface area contributed by atoms with E-state index in [1.54, 1.807) is 18.2 Å². The molecule has 0 aliphatic carbocycles. The van der Waals surface area contributed by atoms with Crippen molar-refractivity contribution >= 4 is 11.4 Å². The fourth-order valence-corrected chi connectivity index (χ4v) is 1.86. The van der Waals surface area contributed by atoms with Crippen LogP contribution in [0.1, 0.15) is 16.7 Å². The monoisotopic (exact) mass is 242 g/mol. The second-order valence-electron chi connectivity index (χ2n) is 4.56. The highest BCUT2D eigenvalue weighted by molar-refractivity contribution is 5.54. The van der Waals surface area contributed by atoms with E-state index in [-0.39, 0.29) is 5.75 Å². The Labute approximate surface area is 107 Å². The van der Waals surface area contributed by atoms with Gasteiger partial charge in [0.25, 0.3) is 0 Å². The summed E-state index contributed by atoms with van der Waals surface area (Å²) in [5, 5.41) is 13.1. The Bertz CT molecular complexity index is 513. The standard InChI is InChI=1S/C15H18N2O/c1-10-3-4-11(2)14(7-10)17-9-12-8-13(16)5-6-15(12)18/h3-8,17-18H,9,16H2,1-2H3. The molecule has 0 atom stereocenters. The minimum Gasteiger partial charge on any atom is -0.508 e. The van der Waals surface area contributed by atoms with Crippen LogP contribution in [0.5, 0.6) is 5.75 Å². The Kier molecular flexibility index (Phi) is 3.42. The molecule has 0 heterocycles. The summed E-state index contributed by atoms with van der Waals surface area (Å²) in [6, 6.07) is 11.4. The lowest BCUT2D eigenvalue weighted by Crippen LogP contribution is -2.02. The molecule has 4 N–H and O–H groups in total. The minimum atomic E-state index is 0.266. The van der Waals surface area contributed by atoms with Crippen molar-refractivity contribution in [2.45, 2.75) is 20.4 Å². The third kappa shape index (κ3) is 2.74. The van der Waals surface area contributed by atoms with Gasteiger partial charge in [-0.05, 0) is 49.2 Å². The van der Waals surface area contributed by atoms with Crippen molar-refractivity contribution in [3.8, 4) is 5.75 Å². The lowest BCUT2D eigenvalue weighted by Gasteiger charge is -2.12. The molecule has 0 aliphatic heterocycles. The van der Waals surface area contributed by atoms with Crippen LogP contribution < -0.4 is 11.1 Å². The maximum absolute atomic E-state index is 9.74. The Hall–Kier alpha value is -2.16. The van der Waals surface area contributed by atoms with Crippen molar-refractivity contribution in [1.82, 2.24) is 0 Å². The highest BCUT2D eigenvalue weighted by Gasteiger charge is 2.03. The molecular weight excluding hydrogens is 224 g/mol. The summed E-state index contributed by atoms with van der Waals surface area (Å²) >= 11 is 0. The van der Waals surface area contributed by atoms with E-state index in [0.29, 0.717) is 12.2 Å². The first-order chi connectivity index (χ1) is 8.56. The lowest BCUT2D eigenvalue weighted by atomic mass is 10.1. The number of rotatable bonds is 3. The number of nitrogens with one attached hydrogen (secondary N) is 1. The number of hydrogen-bond donors (Lipinski definition) is 3. The zero-order valence-corrected chi connectivity index (χ0v) is 10.7. The molecule has 3 heteroatoms. The van der Waals surface area contributed by atoms with Crippen LogP contribution in [0.2, 0.25) is 0 Å². The predicted molar refractivity (Wildman–Crippen MR) is 75.8 cm³/mol. The van der Waals surface area contributed by atoms with Gasteiger partial charge in [0, 0.05) is 23.5 Å². The largest absolute Gasteiger partial charge is 0.508 e. The first-order valence-corrected chi connectivity index (χ1v) is 5.95. The van der Waals surface area contributed by atoms with Crippen LogP contribution in [0.4, 0.5) is 11.4 Å². The van der Waals surface area contributed by atoms with E-state index in [4.69, 9.17) is 5.73 Å². The Morgan fingerprint density at radius 3 is 2.67 bits per heavy atom. The molecule has 0 spiro atoms. The average Bonchev–Trinajstić information content (AvgIpc) is 2.34. The van der Waals surface area contributed by atoms with Crippen LogP contribution in [-0.2, 0) is 6.54 Å². The van der Waals surface area contributed by atoms with E-state index in [1.165, 1.54) is 11.1 Å². The highest BCUT2D eigenvalue weighted by atomic mass is 16.3. The predicted octanol–water partition coefficient (Wildman–Crippen LogP) is 3.20. The van der Waals surface area contributed by atoms with E-state index in [1.807, 2.05) is 0 Å². The summed E-state index contributed by atoms with van der Waals surface area (Å²) in [6.45, 7) is 4.67. The van der Waals surface area contributed by atoms with Gasteiger partial charge in [0.15, 0.2) is 0 Å². The molecule has 94 valence electrons. The number of nitrogens with two attached hydrogens (primary N) is 1. The smallest absolute Gasteiger partial charge is 0.120 e. The van der Waals surface area contributed by atoms with Crippen LogP contribution in [-0.4, -0.2) is 5.11 Å². The fraction of sp³-hybridized carbons (Fsp3) is 0.200. The van der Waals surface area contributed by atoms with Crippen molar-refractivity contribution in [3.63, 3.8) is 0 Å². The van der Waals surface area contributed by atoms with Crippen molar-refractivity contribution in [1.29, 1.82) is 0 Å². The summed E-state index contributed by atoms with van der Waals surface area (Å²) in [5.41, 5.74) is 10.6. The number of phenolic OH excluding ortho intramolecular Hbond substituents is 1. The van der Waals surface area contributed by atoms with Gasteiger partial charge in [0.2, 0.25) is 0 Å². The molecule has 2 aromatic carbocycles. The summed E-state index contributed by atoms with van der Waals surface area (Å²) in [5.74, 6) is 0.266. The van der Waals surface area contributed by atoms with Gasteiger partial charge in [-0.1, -0.05) is 12.1 Å². The van der Waals surface area contributed by atoms with Crippen LogP contribution in [0, 0.1) is 13.8 Å². The maximum Gasteiger partial charge on any atom is 0.120 e. The van der Waals surface area contributed by atoms with Gasteiger partial charge >= 0.3 is 0 Å². The molecule has 0 aromatic heterocycles. The molecule has 0 fully saturated rings. The van der Waals surface area contributed by atoms with Gasteiger partial charge in [-0.15, -0.1) is 0 Å². The van der Waals surface area contributed by atoms with Crippen LogP contribution in [0.25, 0.3) is 0 Å². The van der Waals surface area contributed by atoms with E-state index < -0.39 is 0 Å². The zero-order chi connectivity index (χ0) is 13.1. The van der Waals surface area contributed by atoms with Crippen molar-refractivity contribution in [2.75, 3.05) is 11.1 Å². The first kappa shape index (κ1) is 12.3. The number of hydrogen-bond acceptors (Lipinski definition) is 3. The summed E-state index contributed by atoms with van der Waals surface area (Å²) in [4.78, 5) is 0. The zero-order valence-electron chi connectivity index (χ0n) is 10.7. The first-order valence-electron chi connectivity index (χ1n) is 5.95. The number of aryl methyl sites for hydroxylation is 2. The number of aromatic hydroxyl groups is 1. The van der Waals surface area contributed by atoms with Crippen LogP contribution in [0.3, 0.4) is 0 Å². The second kappa shape index (κ2) is 5.00. The molecule has 0 bridgehead atoms. The van der Waals surface area contributed by atoms with Crippen molar-refractivity contribution in [3.05, 3.63) is 53.1 Å². The topological polar surface area (TPSA) is 58.3 Å². The Morgan fingerprint density at radius 1 is 1.11 bits per heavy atom. The number of nitrogen functional groups attached to an aromatic ring is 1. The van der Waals surface area contributed by atoms with E-state index >= 15 is 0 Å². The molecule has 18 heavy (non-hydrogen) atoms. The average molecular weight is 242 g/mol. The molecule has 0 saturated heterocycles. The van der Waals surface area contributed by atoms with Gasteiger partial charge in [0.1, 0.15) is 5.75 Å². The third-order valence-electron chi connectivity index (χ3n) is 2.97. The van der Waals surface area contributed by atoms with E-state index in [0.717, 1.165) is 11.3 Å². The SMILES string of the molecule is Cc1ccc(C)c(NCc2cc(N)ccc2O)c1. The normalized spacial score (nSPS) is 10.3. The molecule has 2 rings (SSSR count). The van der Waals surface area contributed by atoms with Gasteiger partial charge < -0.3 is 16.2 Å². The molecule has 0 unspecified atom stereocenters. The minimum absolute atomic E-state index is 0.266. The lowest BCUT2D eigenvalue weighted by molar-refractivity contribution is 0.469. The number of anilines is 2. The van der Waals surface area contributed by atoms with E-state index in [9.17, 15) is 5.11 Å². The summed E-state index contributed by atoms with van der Waals surface area (Å²) in [6.07, 6.45) is 0. The van der Waals surface area contributed by atoms with Crippen molar-refractivity contribution < 1.29 is 5.11 Å². The third-order valence-corrected chi connectivity index (χ3v) is 2.97.